The van der Waals surface area contributed by atoms with Crippen molar-refractivity contribution in [2.45, 2.75) is 6.42 Å². The molecule has 1 saturated heterocycles. The van der Waals surface area contributed by atoms with Gasteiger partial charge in [-0.3, -0.25) is 4.98 Å². The van der Waals surface area contributed by atoms with Crippen molar-refractivity contribution in [3.63, 3.8) is 0 Å². The molecule has 2 rings (SSSR count). The molecule has 0 aromatic carbocycles. The first-order valence-electron chi connectivity index (χ1n) is 6.09. The molecule has 0 bridgehead atoms. The van der Waals surface area contributed by atoms with Crippen LogP contribution in [-0.4, -0.2) is 49.8 Å². The van der Waals surface area contributed by atoms with Gasteiger partial charge in [-0.25, -0.2) is 0 Å². The second-order valence-electron chi connectivity index (χ2n) is 5.05. The van der Waals surface area contributed by atoms with Gasteiger partial charge in [-0.1, -0.05) is 6.07 Å². The van der Waals surface area contributed by atoms with Gasteiger partial charge in [0.05, 0.1) is 13.2 Å². The van der Waals surface area contributed by atoms with E-state index in [4.69, 9.17) is 10.5 Å². The van der Waals surface area contributed by atoms with Gasteiger partial charge in [0, 0.05) is 37.4 Å². The van der Waals surface area contributed by atoms with E-state index in [-0.39, 0.29) is 5.41 Å². The van der Waals surface area contributed by atoms with Crippen LogP contribution in [0, 0.1) is 5.41 Å². The zero-order valence-electron chi connectivity index (χ0n) is 10.4. The largest absolute Gasteiger partial charge is 0.380 e. The Hall–Kier alpha value is -0.970. The maximum absolute atomic E-state index is 5.81. The molecule has 0 unspecified atom stereocenters. The maximum atomic E-state index is 5.81. The first kappa shape index (κ1) is 12.5. The molecular formula is C13H21N3O. The molecule has 0 saturated carbocycles. The van der Waals surface area contributed by atoms with E-state index in [1.165, 1.54) is 5.56 Å². The summed E-state index contributed by atoms with van der Waals surface area (Å²) in [6.45, 7) is 4.38. The van der Waals surface area contributed by atoms with Gasteiger partial charge in [0.25, 0.3) is 0 Å². The molecule has 4 nitrogen and oxygen atoms in total. The number of rotatable bonds is 6. The fourth-order valence-electron chi connectivity index (χ4n) is 2.18. The average Bonchev–Trinajstić information content (AvgIpc) is 2.33. The van der Waals surface area contributed by atoms with Crippen molar-refractivity contribution in [3.8, 4) is 0 Å². The first-order chi connectivity index (χ1) is 8.24. The smallest absolute Gasteiger partial charge is 0.0569 e. The van der Waals surface area contributed by atoms with Crippen LogP contribution in [0.25, 0.3) is 0 Å². The minimum atomic E-state index is 0.198. The highest BCUT2D eigenvalue weighted by Crippen LogP contribution is 2.26. The van der Waals surface area contributed by atoms with Crippen molar-refractivity contribution in [3.05, 3.63) is 30.1 Å². The van der Waals surface area contributed by atoms with E-state index in [9.17, 15) is 0 Å². The number of likely N-dealkylation sites (N-methyl/N-ethyl adjacent to an activating group) is 1. The van der Waals surface area contributed by atoms with E-state index in [0.29, 0.717) is 6.54 Å². The summed E-state index contributed by atoms with van der Waals surface area (Å²) in [4.78, 5) is 6.46. The Bertz CT molecular complexity index is 332. The maximum Gasteiger partial charge on any atom is 0.0569 e. The van der Waals surface area contributed by atoms with Gasteiger partial charge in [-0.15, -0.1) is 0 Å². The minimum Gasteiger partial charge on any atom is -0.380 e. The van der Waals surface area contributed by atoms with Crippen molar-refractivity contribution in [1.29, 1.82) is 0 Å². The lowest BCUT2D eigenvalue weighted by atomic mass is 9.85. The van der Waals surface area contributed by atoms with E-state index >= 15 is 0 Å². The highest BCUT2D eigenvalue weighted by Gasteiger charge is 2.37. The number of aromatic nitrogens is 1. The summed E-state index contributed by atoms with van der Waals surface area (Å²) < 4.78 is 5.28. The van der Waals surface area contributed by atoms with Gasteiger partial charge in [-0.05, 0) is 25.1 Å². The molecule has 1 aromatic heterocycles. The van der Waals surface area contributed by atoms with Crippen molar-refractivity contribution in [2.75, 3.05) is 39.9 Å². The summed E-state index contributed by atoms with van der Waals surface area (Å²) in [6, 6.07) is 4.10. The number of nitrogens with two attached hydrogens (primary N) is 1. The van der Waals surface area contributed by atoms with Gasteiger partial charge in [0.1, 0.15) is 0 Å². The zero-order valence-corrected chi connectivity index (χ0v) is 10.4. The first-order valence-corrected chi connectivity index (χ1v) is 6.09. The Balaban J connectivity index is 1.76. The Kier molecular flexibility index (Phi) is 4.10. The van der Waals surface area contributed by atoms with Crippen LogP contribution >= 0.6 is 0 Å². The van der Waals surface area contributed by atoms with Crippen molar-refractivity contribution in [2.24, 2.45) is 11.1 Å². The van der Waals surface area contributed by atoms with Crippen LogP contribution in [0.2, 0.25) is 0 Å². The third-order valence-corrected chi connectivity index (χ3v) is 3.36. The molecule has 1 fully saturated rings. The minimum absolute atomic E-state index is 0.198. The highest BCUT2D eigenvalue weighted by atomic mass is 16.5. The summed E-state index contributed by atoms with van der Waals surface area (Å²) in [5.74, 6) is 0. The summed E-state index contributed by atoms with van der Waals surface area (Å²) in [5, 5.41) is 0. The van der Waals surface area contributed by atoms with E-state index < -0.39 is 0 Å². The van der Waals surface area contributed by atoms with Crippen LogP contribution in [-0.2, 0) is 11.2 Å². The van der Waals surface area contributed by atoms with Gasteiger partial charge >= 0.3 is 0 Å². The van der Waals surface area contributed by atoms with Crippen LogP contribution in [0.15, 0.2) is 24.5 Å². The number of pyridine rings is 1. The van der Waals surface area contributed by atoms with Gasteiger partial charge in [-0.2, -0.15) is 0 Å². The van der Waals surface area contributed by atoms with E-state index in [2.05, 4.69) is 23.0 Å². The molecule has 0 spiro atoms. The van der Waals surface area contributed by atoms with E-state index in [0.717, 1.165) is 32.7 Å². The normalized spacial score (nSPS) is 18.1. The molecule has 1 aliphatic rings. The van der Waals surface area contributed by atoms with Crippen molar-refractivity contribution < 1.29 is 4.74 Å². The van der Waals surface area contributed by atoms with Gasteiger partial charge in [0.2, 0.25) is 0 Å². The monoisotopic (exact) mass is 235 g/mol. The van der Waals surface area contributed by atoms with E-state index in [1.807, 2.05) is 18.5 Å². The molecule has 2 N–H and O–H groups in total. The van der Waals surface area contributed by atoms with Gasteiger partial charge < -0.3 is 15.4 Å². The second-order valence-corrected chi connectivity index (χ2v) is 5.05. The Morgan fingerprint density at radius 2 is 2.35 bits per heavy atom. The molecule has 1 aromatic rings. The van der Waals surface area contributed by atoms with Crippen molar-refractivity contribution in [1.82, 2.24) is 9.88 Å². The average molecular weight is 235 g/mol. The fraction of sp³-hybridized carbons (Fsp3) is 0.615. The summed E-state index contributed by atoms with van der Waals surface area (Å²) in [5.41, 5.74) is 7.29. The van der Waals surface area contributed by atoms with Crippen molar-refractivity contribution >= 4 is 0 Å². The number of hydrogen-bond donors (Lipinski definition) is 1. The number of nitrogens with zero attached hydrogens (tertiary/aromatic N) is 2. The molecule has 94 valence electrons. The molecular weight excluding hydrogens is 214 g/mol. The second kappa shape index (κ2) is 5.58. The number of ether oxygens (including phenoxy) is 1. The molecule has 0 amide bonds. The SMILES string of the molecule is CN(CCc1cccnc1)CC1(CN)COC1. The van der Waals surface area contributed by atoms with Crippen LogP contribution in [0.4, 0.5) is 0 Å². The summed E-state index contributed by atoms with van der Waals surface area (Å²) in [6.07, 6.45) is 4.77. The molecule has 0 aliphatic carbocycles. The highest BCUT2D eigenvalue weighted by molar-refractivity contribution is 5.08. The Morgan fingerprint density at radius 3 is 2.88 bits per heavy atom. The molecule has 17 heavy (non-hydrogen) atoms. The lowest BCUT2D eigenvalue weighted by molar-refractivity contribution is -0.117. The third-order valence-electron chi connectivity index (χ3n) is 3.36. The van der Waals surface area contributed by atoms with Crippen LogP contribution in [0.5, 0.6) is 0 Å². The molecule has 4 heteroatoms. The summed E-state index contributed by atoms with van der Waals surface area (Å²) in [7, 11) is 2.14. The molecule has 0 atom stereocenters. The lowest BCUT2D eigenvalue weighted by Gasteiger charge is -2.43. The molecule has 0 radical (unpaired) electrons. The molecule has 2 heterocycles. The van der Waals surface area contributed by atoms with E-state index in [1.54, 1.807) is 0 Å². The number of hydrogen-bond acceptors (Lipinski definition) is 4. The fourth-order valence-corrected chi connectivity index (χ4v) is 2.18. The van der Waals surface area contributed by atoms with Crippen LogP contribution in [0.1, 0.15) is 5.56 Å². The standard InChI is InChI=1S/C13H21N3O/c1-16(9-13(8-14)10-17-11-13)6-4-12-3-2-5-15-7-12/h2-3,5,7H,4,6,8-11,14H2,1H3. The van der Waals surface area contributed by atoms with Gasteiger partial charge in [0.15, 0.2) is 0 Å². The topological polar surface area (TPSA) is 51.4 Å². The summed E-state index contributed by atoms with van der Waals surface area (Å²) >= 11 is 0. The van der Waals surface area contributed by atoms with Crippen LogP contribution in [0.3, 0.4) is 0 Å². The Labute approximate surface area is 103 Å². The lowest BCUT2D eigenvalue weighted by Crippen LogP contribution is -2.54. The quantitative estimate of drug-likeness (QED) is 0.781. The predicted molar refractivity (Wildman–Crippen MR) is 67.7 cm³/mol. The third kappa shape index (κ3) is 3.25. The molecule has 1 aliphatic heterocycles. The Morgan fingerprint density at radius 1 is 1.53 bits per heavy atom. The van der Waals surface area contributed by atoms with Crippen LogP contribution < -0.4 is 5.73 Å². The zero-order chi connectivity index (χ0) is 12.1. The predicted octanol–water partition coefficient (Wildman–Crippen LogP) is 0.531.